The fourth-order valence-corrected chi connectivity index (χ4v) is 3.47. The summed E-state index contributed by atoms with van der Waals surface area (Å²) in [4.78, 5) is 24.4. The molecule has 0 aliphatic carbocycles. The third kappa shape index (κ3) is 3.98. The quantitative estimate of drug-likeness (QED) is 0.667. The second kappa shape index (κ2) is 7.82. The summed E-state index contributed by atoms with van der Waals surface area (Å²) in [6.45, 7) is 5.09. The first-order chi connectivity index (χ1) is 14.7. The molecular weight excluding hydrogens is 406 g/mol. The van der Waals surface area contributed by atoms with Crippen LogP contribution < -0.4 is 15.4 Å². The van der Waals surface area contributed by atoms with E-state index in [4.69, 9.17) is 4.74 Å². The van der Waals surface area contributed by atoms with Gasteiger partial charge in [-0.15, -0.1) is 0 Å². The molecular formula is C22H20F2N4O3. The molecule has 0 radical (unpaired) electrons. The van der Waals surface area contributed by atoms with Crippen molar-refractivity contribution in [2.45, 2.75) is 33.3 Å². The summed E-state index contributed by atoms with van der Waals surface area (Å²) in [6, 6.07) is 8.22. The van der Waals surface area contributed by atoms with Crippen LogP contribution in [0.2, 0.25) is 0 Å². The molecule has 0 fully saturated rings. The highest BCUT2D eigenvalue weighted by Gasteiger charge is 2.24. The first-order valence-electron chi connectivity index (χ1n) is 9.65. The number of carbonyl (C=O) groups excluding carboxylic acids is 2. The minimum atomic E-state index is -0.741. The van der Waals surface area contributed by atoms with E-state index in [0.29, 0.717) is 34.1 Å². The molecule has 0 bridgehead atoms. The first kappa shape index (κ1) is 20.5. The number of ether oxygens (including phenoxy) is 1. The summed E-state index contributed by atoms with van der Waals surface area (Å²) in [5, 5.41) is 9.83. The van der Waals surface area contributed by atoms with Crippen molar-refractivity contribution < 1.29 is 23.1 Å². The van der Waals surface area contributed by atoms with E-state index in [1.54, 1.807) is 39.0 Å². The number of amides is 2. The van der Waals surface area contributed by atoms with Gasteiger partial charge in [-0.2, -0.15) is 5.10 Å². The Kier molecular flexibility index (Phi) is 5.18. The molecule has 4 rings (SSSR count). The average molecular weight is 426 g/mol. The molecule has 2 aromatic carbocycles. The number of rotatable bonds is 4. The lowest BCUT2D eigenvalue weighted by atomic mass is 10.1. The van der Waals surface area contributed by atoms with Crippen LogP contribution in [0, 0.1) is 25.5 Å². The van der Waals surface area contributed by atoms with Gasteiger partial charge in [-0.05, 0) is 51.1 Å². The maximum Gasteiger partial charge on any atom is 0.265 e. The molecule has 1 aliphatic rings. The maximum absolute atomic E-state index is 14.2. The second-order valence-electron chi connectivity index (χ2n) is 7.34. The van der Waals surface area contributed by atoms with Crippen LogP contribution in [0.4, 0.5) is 20.2 Å². The lowest BCUT2D eigenvalue weighted by Gasteiger charge is -2.23. The normalized spacial score (nSPS) is 15.1. The van der Waals surface area contributed by atoms with E-state index in [1.165, 1.54) is 10.7 Å². The molecule has 31 heavy (non-hydrogen) atoms. The Morgan fingerprint density at radius 1 is 1.23 bits per heavy atom. The van der Waals surface area contributed by atoms with Gasteiger partial charge in [-0.25, -0.2) is 13.5 Å². The smallest absolute Gasteiger partial charge is 0.265 e. The molecule has 2 heterocycles. The molecule has 1 atom stereocenters. The van der Waals surface area contributed by atoms with Gasteiger partial charge in [0, 0.05) is 23.0 Å². The molecule has 0 saturated carbocycles. The fraction of sp³-hybridized carbons (Fsp3) is 0.227. The van der Waals surface area contributed by atoms with E-state index in [-0.39, 0.29) is 23.9 Å². The Balaban J connectivity index is 1.53. The van der Waals surface area contributed by atoms with Crippen molar-refractivity contribution in [1.29, 1.82) is 0 Å². The van der Waals surface area contributed by atoms with Crippen molar-refractivity contribution in [3.05, 3.63) is 65.0 Å². The fourth-order valence-electron chi connectivity index (χ4n) is 3.47. The number of fused-ring (bicyclic) bond motifs is 1. The minimum absolute atomic E-state index is 0.0114. The van der Waals surface area contributed by atoms with E-state index < -0.39 is 17.7 Å². The largest absolute Gasteiger partial charge is 0.479 e. The van der Waals surface area contributed by atoms with Crippen LogP contribution in [0.5, 0.6) is 5.75 Å². The maximum atomic E-state index is 14.2. The SMILES string of the molecule is Cc1nn(-c2ccc(F)cc2F)c(C)c1CC(=O)Nc1ccc2c(c1)NC(=O)C(C)O2. The van der Waals surface area contributed by atoms with Crippen LogP contribution in [0.1, 0.15) is 23.9 Å². The van der Waals surface area contributed by atoms with E-state index in [9.17, 15) is 18.4 Å². The van der Waals surface area contributed by atoms with E-state index >= 15 is 0 Å². The zero-order valence-electron chi connectivity index (χ0n) is 17.1. The highest BCUT2D eigenvalue weighted by atomic mass is 19.1. The number of hydrogen-bond donors (Lipinski definition) is 2. The van der Waals surface area contributed by atoms with Gasteiger partial charge in [0.05, 0.1) is 17.8 Å². The standard InChI is InChI=1S/C22H20F2N4O3/c1-11-16(12(2)28(27-11)19-6-4-14(23)8-17(19)24)10-21(29)25-15-5-7-20-18(9-15)26-22(30)13(3)31-20/h4-9,13H,10H2,1-3H3,(H,25,29)(H,26,30). The van der Waals surface area contributed by atoms with Gasteiger partial charge in [-0.3, -0.25) is 9.59 Å². The van der Waals surface area contributed by atoms with Crippen LogP contribution in [0.25, 0.3) is 5.69 Å². The zero-order valence-corrected chi connectivity index (χ0v) is 17.1. The van der Waals surface area contributed by atoms with Crippen molar-refractivity contribution >= 4 is 23.2 Å². The summed E-state index contributed by atoms with van der Waals surface area (Å²) in [6.07, 6.45) is -0.571. The predicted octanol–water partition coefficient (Wildman–Crippen LogP) is 3.67. The molecule has 9 heteroatoms. The highest BCUT2D eigenvalue weighted by Crippen LogP contribution is 2.32. The van der Waals surface area contributed by atoms with Crippen molar-refractivity contribution in [3.8, 4) is 11.4 Å². The first-order valence-corrected chi connectivity index (χ1v) is 9.65. The summed E-state index contributed by atoms with van der Waals surface area (Å²) in [5.74, 6) is -1.46. The zero-order chi connectivity index (χ0) is 22.3. The monoisotopic (exact) mass is 426 g/mol. The highest BCUT2D eigenvalue weighted by molar-refractivity contribution is 5.99. The van der Waals surface area contributed by atoms with Gasteiger partial charge in [0.1, 0.15) is 17.3 Å². The van der Waals surface area contributed by atoms with Crippen LogP contribution in [0.3, 0.4) is 0 Å². The number of aromatic nitrogens is 2. The van der Waals surface area contributed by atoms with Crippen LogP contribution in [-0.4, -0.2) is 27.7 Å². The number of nitrogens with zero attached hydrogens (tertiary/aromatic N) is 2. The van der Waals surface area contributed by atoms with Gasteiger partial charge >= 0.3 is 0 Å². The molecule has 0 spiro atoms. The Bertz CT molecular complexity index is 1210. The van der Waals surface area contributed by atoms with Gasteiger partial charge in [0.25, 0.3) is 5.91 Å². The van der Waals surface area contributed by atoms with Gasteiger partial charge in [-0.1, -0.05) is 0 Å². The summed E-state index contributed by atoms with van der Waals surface area (Å²) in [7, 11) is 0. The molecule has 2 amide bonds. The summed E-state index contributed by atoms with van der Waals surface area (Å²) < 4.78 is 34.3. The lowest BCUT2D eigenvalue weighted by molar-refractivity contribution is -0.122. The summed E-state index contributed by atoms with van der Waals surface area (Å²) in [5.41, 5.74) is 2.87. The number of anilines is 2. The Labute approximate surface area is 177 Å². The molecule has 1 aliphatic heterocycles. The number of nitrogens with one attached hydrogen (secondary N) is 2. The number of carbonyl (C=O) groups is 2. The molecule has 7 nitrogen and oxygen atoms in total. The van der Waals surface area contributed by atoms with Crippen LogP contribution in [0.15, 0.2) is 36.4 Å². The molecule has 0 saturated heterocycles. The van der Waals surface area contributed by atoms with E-state index in [0.717, 1.165) is 12.1 Å². The lowest BCUT2D eigenvalue weighted by Crippen LogP contribution is -2.34. The van der Waals surface area contributed by atoms with Crippen molar-refractivity contribution in [3.63, 3.8) is 0 Å². The third-order valence-electron chi connectivity index (χ3n) is 5.11. The number of benzene rings is 2. The number of hydrogen-bond acceptors (Lipinski definition) is 4. The summed E-state index contributed by atoms with van der Waals surface area (Å²) >= 11 is 0. The predicted molar refractivity (Wildman–Crippen MR) is 110 cm³/mol. The number of aryl methyl sites for hydroxylation is 1. The molecule has 1 unspecified atom stereocenters. The Hall–Kier alpha value is -3.75. The van der Waals surface area contributed by atoms with E-state index in [1.807, 2.05) is 0 Å². The third-order valence-corrected chi connectivity index (χ3v) is 5.11. The molecule has 1 aromatic heterocycles. The Morgan fingerprint density at radius 2 is 2.00 bits per heavy atom. The second-order valence-corrected chi connectivity index (χ2v) is 7.34. The molecule has 3 aromatic rings. The minimum Gasteiger partial charge on any atom is -0.479 e. The van der Waals surface area contributed by atoms with Crippen molar-refractivity contribution in [1.82, 2.24) is 9.78 Å². The topological polar surface area (TPSA) is 85.3 Å². The van der Waals surface area contributed by atoms with Gasteiger partial charge in [0.2, 0.25) is 5.91 Å². The van der Waals surface area contributed by atoms with Gasteiger partial charge in [0.15, 0.2) is 11.9 Å². The Morgan fingerprint density at radius 3 is 2.74 bits per heavy atom. The van der Waals surface area contributed by atoms with Crippen molar-refractivity contribution in [2.75, 3.05) is 10.6 Å². The van der Waals surface area contributed by atoms with Crippen molar-refractivity contribution in [2.24, 2.45) is 0 Å². The average Bonchev–Trinajstić information content (AvgIpc) is 2.97. The van der Waals surface area contributed by atoms with Crippen LogP contribution in [-0.2, 0) is 16.0 Å². The van der Waals surface area contributed by atoms with Crippen LogP contribution >= 0.6 is 0 Å². The molecule has 160 valence electrons. The molecule has 2 N–H and O–H groups in total. The number of halogens is 2. The van der Waals surface area contributed by atoms with E-state index in [2.05, 4.69) is 15.7 Å². The van der Waals surface area contributed by atoms with Gasteiger partial charge < -0.3 is 15.4 Å².